The smallest absolute Gasteiger partial charge is 0.314 e. The number of carbonyl (C=O) groups is 2. The van der Waals surface area contributed by atoms with E-state index in [0.29, 0.717) is 21.4 Å². The number of hydrogen-bond donors (Lipinski definition) is 2. The van der Waals surface area contributed by atoms with Crippen molar-refractivity contribution >= 4 is 39.1 Å². The number of carbonyl (C=O) groups excluding carboxylic acids is 2. The molecular formula is C15H10BrN3O2. The Balaban J connectivity index is 2.01. The third kappa shape index (κ3) is 3.91. The van der Waals surface area contributed by atoms with Crippen molar-refractivity contribution in [2.45, 2.75) is 0 Å². The lowest BCUT2D eigenvalue weighted by molar-refractivity contribution is -0.133. The topological polar surface area (TPSA) is 82.0 Å². The minimum atomic E-state index is -0.782. The van der Waals surface area contributed by atoms with Crippen LogP contribution in [0.15, 0.2) is 53.0 Å². The number of amides is 2. The SMILES string of the molecule is N#Cc1ccc(NC(=O)C(=O)Nc2ccccc2Br)cc1. The second kappa shape index (κ2) is 6.68. The van der Waals surface area contributed by atoms with Crippen molar-refractivity contribution in [3.63, 3.8) is 0 Å². The van der Waals surface area contributed by atoms with Crippen LogP contribution in [-0.4, -0.2) is 11.8 Å². The molecule has 0 aliphatic rings. The first-order valence-corrected chi connectivity index (χ1v) is 6.76. The molecule has 2 aromatic rings. The summed E-state index contributed by atoms with van der Waals surface area (Å²) in [5.41, 5.74) is 1.43. The Morgan fingerprint density at radius 2 is 1.57 bits per heavy atom. The summed E-state index contributed by atoms with van der Waals surface area (Å²) in [7, 11) is 0. The largest absolute Gasteiger partial charge is 0.318 e. The molecule has 0 aliphatic carbocycles. The van der Waals surface area contributed by atoms with Gasteiger partial charge in [0.1, 0.15) is 0 Å². The Hall–Kier alpha value is -2.65. The van der Waals surface area contributed by atoms with E-state index in [-0.39, 0.29) is 0 Å². The van der Waals surface area contributed by atoms with Gasteiger partial charge in [0.15, 0.2) is 0 Å². The summed E-state index contributed by atoms with van der Waals surface area (Å²) in [6.07, 6.45) is 0. The third-order valence-electron chi connectivity index (χ3n) is 2.60. The summed E-state index contributed by atoms with van der Waals surface area (Å²) in [4.78, 5) is 23.6. The number of hydrogen-bond acceptors (Lipinski definition) is 3. The fourth-order valence-corrected chi connectivity index (χ4v) is 1.94. The van der Waals surface area contributed by atoms with Crippen molar-refractivity contribution in [1.29, 1.82) is 5.26 Å². The average Bonchev–Trinajstić information content (AvgIpc) is 2.50. The highest BCUT2D eigenvalue weighted by Crippen LogP contribution is 2.21. The highest BCUT2D eigenvalue weighted by molar-refractivity contribution is 9.10. The van der Waals surface area contributed by atoms with Gasteiger partial charge in [-0.15, -0.1) is 0 Å². The Morgan fingerprint density at radius 3 is 2.19 bits per heavy atom. The minimum absolute atomic E-state index is 0.446. The van der Waals surface area contributed by atoms with Gasteiger partial charge in [-0.05, 0) is 52.3 Å². The van der Waals surface area contributed by atoms with Crippen molar-refractivity contribution in [3.8, 4) is 6.07 Å². The van der Waals surface area contributed by atoms with Crippen LogP contribution >= 0.6 is 15.9 Å². The van der Waals surface area contributed by atoms with Crippen LogP contribution in [0, 0.1) is 11.3 Å². The Bertz CT molecular complexity index is 720. The molecule has 21 heavy (non-hydrogen) atoms. The van der Waals surface area contributed by atoms with Crippen molar-refractivity contribution in [3.05, 3.63) is 58.6 Å². The van der Waals surface area contributed by atoms with Gasteiger partial charge in [-0.3, -0.25) is 9.59 Å². The number of halogens is 1. The molecule has 0 bridgehead atoms. The van der Waals surface area contributed by atoms with Gasteiger partial charge < -0.3 is 10.6 Å². The van der Waals surface area contributed by atoms with Crippen LogP contribution in [0.4, 0.5) is 11.4 Å². The van der Waals surface area contributed by atoms with Gasteiger partial charge in [0, 0.05) is 10.2 Å². The summed E-state index contributed by atoms with van der Waals surface area (Å²) in [5, 5.41) is 13.6. The highest BCUT2D eigenvalue weighted by atomic mass is 79.9. The molecular weight excluding hydrogens is 334 g/mol. The van der Waals surface area contributed by atoms with Crippen LogP contribution < -0.4 is 10.6 Å². The zero-order chi connectivity index (χ0) is 15.2. The normalized spacial score (nSPS) is 9.52. The van der Waals surface area contributed by atoms with E-state index in [1.54, 1.807) is 48.5 Å². The molecule has 2 aromatic carbocycles. The number of benzene rings is 2. The first-order valence-electron chi connectivity index (χ1n) is 5.97. The monoisotopic (exact) mass is 343 g/mol. The lowest BCUT2D eigenvalue weighted by atomic mass is 10.2. The number of nitrogens with zero attached hydrogens (tertiary/aromatic N) is 1. The van der Waals surface area contributed by atoms with E-state index in [1.165, 1.54) is 0 Å². The van der Waals surface area contributed by atoms with E-state index in [2.05, 4.69) is 26.6 Å². The molecule has 0 unspecified atom stereocenters. The van der Waals surface area contributed by atoms with Crippen LogP contribution in [-0.2, 0) is 9.59 Å². The number of anilines is 2. The second-order valence-electron chi connectivity index (χ2n) is 4.08. The predicted octanol–water partition coefficient (Wildman–Crippen LogP) is 2.90. The summed E-state index contributed by atoms with van der Waals surface area (Å²) in [5.74, 6) is -1.55. The number of para-hydroxylation sites is 1. The summed E-state index contributed by atoms with van der Waals surface area (Å²) in [6, 6.07) is 15.2. The minimum Gasteiger partial charge on any atom is -0.318 e. The second-order valence-corrected chi connectivity index (χ2v) is 4.93. The lowest BCUT2D eigenvalue weighted by Crippen LogP contribution is -2.29. The van der Waals surface area contributed by atoms with E-state index in [4.69, 9.17) is 5.26 Å². The molecule has 104 valence electrons. The van der Waals surface area contributed by atoms with E-state index in [1.807, 2.05) is 6.07 Å². The van der Waals surface area contributed by atoms with Crippen molar-refractivity contribution in [2.75, 3.05) is 10.6 Å². The van der Waals surface area contributed by atoms with Crippen LogP contribution in [0.3, 0.4) is 0 Å². The molecule has 0 radical (unpaired) electrons. The highest BCUT2D eigenvalue weighted by Gasteiger charge is 2.14. The fourth-order valence-electron chi connectivity index (χ4n) is 1.56. The van der Waals surface area contributed by atoms with Gasteiger partial charge in [0.25, 0.3) is 0 Å². The van der Waals surface area contributed by atoms with Crippen molar-refractivity contribution < 1.29 is 9.59 Å². The first-order chi connectivity index (χ1) is 10.1. The molecule has 2 N–H and O–H groups in total. The zero-order valence-corrected chi connectivity index (χ0v) is 12.3. The third-order valence-corrected chi connectivity index (χ3v) is 3.29. The fraction of sp³-hybridized carbons (Fsp3) is 0. The van der Waals surface area contributed by atoms with Crippen LogP contribution in [0.5, 0.6) is 0 Å². The zero-order valence-electron chi connectivity index (χ0n) is 10.8. The van der Waals surface area contributed by atoms with Gasteiger partial charge in [-0.2, -0.15) is 5.26 Å². The number of nitriles is 1. The molecule has 0 spiro atoms. The number of nitrogens with one attached hydrogen (secondary N) is 2. The van der Waals surface area contributed by atoms with Gasteiger partial charge >= 0.3 is 11.8 Å². The number of rotatable bonds is 2. The average molecular weight is 344 g/mol. The molecule has 0 aliphatic heterocycles. The van der Waals surface area contributed by atoms with Crippen LogP contribution in [0.2, 0.25) is 0 Å². The predicted molar refractivity (Wildman–Crippen MR) is 82.6 cm³/mol. The van der Waals surface area contributed by atoms with Gasteiger partial charge in [-0.25, -0.2) is 0 Å². The molecule has 0 fully saturated rings. The summed E-state index contributed by atoms with van der Waals surface area (Å²) in [6.45, 7) is 0. The molecule has 0 saturated heterocycles. The van der Waals surface area contributed by atoms with Gasteiger partial charge in [0.2, 0.25) is 0 Å². The van der Waals surface area contributed by atoms with E-state index < -0.39 is 11.8 Å². The maximum Gasteiger partial charge on any atom is 0.314 e. The Kier molecular flexibility index (Phi) is 4.69. The van der Waals surface area contributed by atoms with E-state index in [9.17, 15) is 9.59 Å². The molecule has 0 heterocycles. The van der Waals surface area contributed by atoms with Crippen molar-refractivity contribution in [1.82, 2.24) is 0 Å². The van der Waals surface area contributed by atoms with Crippen LogP contribution in [0.25, 0.3) is 0 Å². The van der Waals surface area contributed by atoms with E-state index in [0.717, 1.165) is 0 Å². The summed E-state index contributed by atoms with van der Waals surface area (Å²) >= 11 is 3.28. The molecule has 0 aromatic heterocycles. The molecule has 2 rings (SSSR count). The summed E-state index contributed by atoms with van der Waals surface area (Å²) < 4.78 is 0.685. The maximum atomic E-state index is 11.8. The molecule has 0 atom stereocenters. The first kappa shape index (κ1) is 14.8. The van der Waals surface area contributed by atoms with E-state index >= 15 is 0 Å². The standard InChI is InChI=1S/C15H10BrN3O2/c16-12-3-1-2-4-13(12)19-15(21)14(20)18-11-7-5-10(9-17)6-8-11/h1-8H,(H,18,20)(H,19,21). The Labute approximate surface area is 129 Å². The van der Waals surface area contributed by atoms with Crippen molar-refractivity contribution in [2.24, 2.45) is 0 Å². The quantitative estimate of drug-likeness (QED) is 0.822. The van der Waals surface area contributed by atoms with Crippen LogP contribution in [0.1, 0.15) is 5.56 Å². The molecule has 5 nitrogen and oxygen atoms in total. The Morgan fingerprint density at radius 1 is 0.952 bits per heavy atom. The van der Waals surface area contributed by atoms with Gasteiger partial charge in [-0.1, -0.05) is 12.1 Å². The molecule has 2 amide bonds. The molecule has 6 heteroatoms. The molecule has 0 saturated carbocycles. The lowest BCUT2D eigenvalue weighted by Gasteiger charge is -2.07. The maximum absolute atomic E-state index is 11.8. The van der Waals surface area contributed by atoms with Gasteiger partial charge in [0.05, 0.1) is 17.3 Å².